The lowest BCUT2D eigenvalue weighted by Crippen LogP contribution is -2.26. The first-order chi connectivity index (χ1) is 12.9. The van der Waals surface area contributed by atoms with Crippen LogP contribution >= 0.6 is 15.9 Å². The van der Waals surface area contributed by atoms with E-state index in [1.807, 2.05) is 12.1 Å². The van der Waals surface area contributed by atoms with Gasteiger partial charge in [-0.15, -0.1) is 0 Å². The molecule has 1 aromatic heterocycles. The third-order valence-corrected chi connectivity index (χ3v) is 4.25. The third-order valence-electron chi connectivity index (χ3n) is 3.75. The zero-order chi connectivity index (χ0) is 19.4. The minimum Gasteiger partial charge on any atom is -0.439 e. The van der Waals surface area contributed by atoms with E-state index in [2.05, 4.69) is 20.9 Å². The van der Waals surface area contributed by atoms with Crippen LogP contribution in [0, 0.1) is 11.6 Å². The summed E-state index contributed by atoms with van der Waals surface area (Å²) < 4.78 is 32.8. The van der Waals surface area contributed by atoms with Crippen LogP contribution < -0.4 is 4.74 Å². The van der Waals surface area contributed by atoms with Crippen molar-refractivity contribution >= 4 is 21.8 Å². The standard InChI is InChI=1S/C20H15BrF2N2O2/c1-25(12-13-5-7-17(22)18(23)9-13)20(26)14-6-8-19(24-11-14)27-16-4-2-3-15(21)10-16/h2-11H,12H2,1H3. The molecule has 0 atom stereocenters. The van der Waals surface area contributed by atoms with E-state index in [9.17, 15) is 13.6 Å². The van der Waals surface area contributed by atoms with Crippen LogP contribution in [0.15, 0.2) is 65.3 Å². The minimum atomic E-state index is -0.941. The molecule has 0 saturated heterocycles. The first kappa shape index (κ1) is 19.0. The van der Waals surface area contributed by atoms with E-state index in [4.69, 9.17) is 4.74 Å². The molecule has 7 heteroatoms. The Kier molecular flexibility index (Phi) is 5.81. The maximum atomic E-state index is 13.3. The van der Waals surface area contributed by atoms with Crippen LogP contribution in [0.4, 0.5) is 8.78 Å². The van der Waals surface area contributed by atoms with Gasteiger partial charge in [-0.3, -0.25) is 4.79 Å². The molecule has 138 valence electrons. The van der Waals surface area contributed by atoms with Gasteiger partial charge in [-0.05, 0) is 42.0 Å². The first-order valence-electron chi connectivity index (χ1n) is 8.01. The van der Waals surface area contributed by atoms with Gasteiger partial charge in [0.2, 0.25) is 5.88 Å². The summed E-state index contributed by atoms with van der Waals surface area (Å²) in [5, 5.41) is 0. The number of benzene rings is 2. The molecule has 0 saturated carbocycles. The monoisotopic (exact) mass is 432 g/mol. The molecule has 4 nitrogen and oxygen atoms in total. The molecule has 0 radical (unpaired) electrons. The average molecular weight is 433 g/mol. The van der Waals surface area contributed by atoms with Crippen LogP contribution in [0.1, 0.15) is 15.9 Å². The van der Waals surface area contributed by atoms with Gasteiger partial charge in [0.15, 0.2) is 11.6 Å². The maximum Gasteiger partial charge on any atom is 0.255 e. The van der Waals surface area contributed by atoms with Crippen molar-refractivity contribution in [2.24, 2.45) is 0 Å². The highest BCUT2D eigenvalue weighted by Gasteiger charge is 2.14. The van der Waals surface area contributed by atoms with Crippen molar-refractivity contribution in [3.05, 3.63) is 88.0 Å². The van der Waals surface area contributed by atoms with Gasteiger partial charge in [-0.25, -0.2) is 13.8 Å². The predicted octanol–water partition coefficient (Wildman–Crippen LogP) is 5.19. The number of ether oxygens (including phenoxy) is 1. The van der Waals surface area contributed by atoms with Gasteiger partial charge in [0.25, 0.3) is 5.91 Å². The number of pyridine rings is 1. The van der Waals surface area contributed by atoms with Crippen LogP contribution in [0.2, 0.25) is 0 Å². The molecule has 0 aliphatic heterocycles. The molecule has 1 heterocycles. The molecule has 0 aliphatic rings. The van der Waals surface area contributed by atoms with Crippen LogP contribution in [0.25, 0.3) is 0 Å². The molecule has 1 amide bonds. The summed E-state index contributed by atoms with van der Waals surface area (Å²) in [5.74, 6) is -1.18. The van der Waals surface area contributed by atoms with Crippen LogP contribution in [-0.4, -0.2) is 22.8 Å². The van der Waals surface area contributed by atoms with Crippen LogP contribution in [-0.2, 0) is 6.54 Å². The fourth-order valence-electron chi connectivity index (χ4n) is 2.42. The number of hydrogen-bond donors (Lipinski definition) is 0. The molecule has 3 rings (SSSR count). The summed E-state index contributed by atoms with van der Waals surface area (Å²) in [6.07, 6.45) is 1.41. The van der Waals surface area contributed by atoms with Gasteiger partial charge in [-0.2, -0.15) is 0 Å². The fourth-order valence-corrected chi connectivity index (χ4v) is 2.80. The minimum absolute atomic E-state index is 0.145. The van der Waals surface area contributed by atoms with E-state index in [1.165, 1.54) is 17.2 Å². The zero-order valence-corrected chi connectivity index (χ0v) is 15.9. The van der Waals surface area contributed by atoms with Crippen molar-refractivity contribution in [3.63, 3.8) is 0 Å². The number of nitrogens with zero attached hydrogens (tertiary/aromatic N) is 2. The Labute approximate surface area is 163 Å². The van der Waals surface area contributed by atoms with Gasteiger partial charge < -0.3 is 9.64 Å². The summed E-state index contributed by atoms with van der Waals surface area (Å²) in [5.41, 5.74) is 0.856. The third kappa shape index (κ3) is 4.89. The molecular weight excluding hydrogens is 418 g/mol. The summed E-state index contributed by atoms with van der Waals surface area (Å²) in [4.78, 5) is 18.0. The number of carbonyl (C=O) groups excluding carboxylic acids is 1. The van der Waals surface area contributed by atoms with E-state index in [0.717, 1.165) is 16.6 Å². The Morgan fingerprint density at radius 3 is 2.59 bits per heavy atom. The van der Waals surface area contributed by atoms with E-state index < -0.39 is 11.6 Å². The van der Waals surface area contributed by atoms with Gasteiger partial charge >= 0.3 is 0 Å². The number of amides is 1. The van der Waals surface area contributed by atoms with Gasteiger partial charge in [0.05, 0.1) is 5.56 Å². The fraction of sp³-hybridized carbons (Fsp3) is 0.100. The smallest absolute Gasteiger partial charge is 0.255 e. The molecular formula is C20H15BrF2N2O2. The number of hydrogen-bond acceptors (Lipinski definition) is 3. The Morgan fingerprint density at radius 2 is 1.93 bits per heavy atom. The molecule has 0 aliphatic carbocycles. The molecule has 0 fully saturated rings. The number of halogens is 3. The van der Waals surface area contributed by atoms with Crippen molar-refractivity contribution in [1.82, 2.24) is 9.88 Å². The number of rotatable bonds is 5. The first-order valence-corrected chi connectivity index (χ1v) is 8.80. The second-order valence-corrected chi connectivity index (χ2v) is 6.77. The largest absolute Gasteiger partial charge is 0.439 e. The summed E-state index contributed by atoms with van der Waals surface area (Å²) in [6, 6.07) is 14.1. The lowest BCUT2D eigenvalue weighted by molar-refractivity contribution is 0.0784. The molecule has 0 spiro atoms. The molecule has 0 bridgehead atoms. The predicted molar refractivity (Wildman–Crippen MR) is 101 cm³/mol. The highest BCUT2D eigenvalue weighted by Crippen LogP contribution is 2.23. The second-order valence-electron chi connectivity index (χ2n) is 5.85. The lowest BCUT2D eigenvalue weighted by Gasteiger charge is -2.17. The quantitative estimate of drug-likeness (QED) is 0.557. The van der Waals surface area contributed by atoms with Gasteiger partial charge in [0.1, 0.15) is 5.75 Å². The molecule has 2 aromatic carbocycles. The Hall–Kier alpha value is -2.80. The Morgan fingerprint density at radius 1 is 1.11 bits per heavy atom. The van der Waals surface area contributed by atoms with E-state index in [1.54, 1.807) is 31.3 Å². The average Bonchev–Trinajstić information content (AvgIpc) is 2.65. The van der Waals surface area contributed by atoms with Crippen molar-refractivity contribution < 1.29 is 18.3 Å². The van der Waals surface area contributed by atoms with Gasteiger partial charge in [0, 0.05) is 30.3 Å². The van der Waals surface area contributed by atoms with E-state index in [0.29, 0.717) is 22.8 Å². The normalized spacial score (nSPS) is 10.5. The van der Waals surface area contributed by atoms with Crippen molar-refractivity contribution in [1.29, 1.82) is 0 Å². The van der Waals surface area contributed by atoms with Crippen molar-refractivity contribution in [2.45, 2.75) is 6.54 Å². The highest BCUT2D eigenvalue weighted by molar-refractivity contribution is 9.10. The molecule has 0 unspecified atom stereocenters. The summed E-state index contributed by atoms with van der Waals surface area (Å²) >= 11 is 3.36. The molecule has 0 N–H and O–H groups in total. The van der Waals surface area contributed by atoms with Crippen molar-refractivity contribution in [3.8, 4) is 11.6 Å². The van der Waals surface area contributed by atoms with Crippen LogP contribution in [0.3, 0.4) is 0 Å². The van der Waals surface area contributed by atoms with E-state index >= 15 is 0 Å². The Bertz CT molecular complexity index is 964. The topological polar surface area (TPSA) is 42.4 Å². The number of aromatic nitrogens is 1. The second kappa shape index (κ2) is 8.26. The zero-order valence-electron chi connectivity index (χ0n) is 14.3. The van der Waals surface area contributed by atoms with Crippen LogP contribution in [0.5, 0.6) is 11.6 Å². The van der Waals surface area contributed by atoms with Gasteiger partial charge in [-0.1, -0.05) is 28.1 Å². The lowest BCUT2D eigenvalue weighted by atomic mass is 10.2. The highest BCUT2D eigenvalue weighted by atomic mass is 79.9. The Balaban J connectivity index is 1.66. The summed E-state index contributed by atoms with van der Waals surface area (Å²) in [7, 11) is 1.58. The van der Waals surface area contributed by atoms with E-state index in [-0.39, 0.29) is 12.5 Å². The maximum absolute atomic E-state index is 13.3. The SMILES string of the molecule is CN(Cc1ccc(F)c(F)c1)C(=O)c1ccc(Oc2cccc(Br)c2)nc1. The summed E-state index contributed by atoms with van der Waals surface area (Å²) in [6.45, 7) is 0.145. The molecule has 27 heavy (non-hydrogen) atoms. The van der Waals surface area contributed by atoms with Crippen molar-refractivity contribution in [2.75, 3.05) is 7.05 Å². The molecule has 3 aromatic rings. The number of carbonyl (C=O) groups is 1.